The predicted octanol–water partition coefficient (Wildman–Crippen LogP) is 1.30. The van der Waals surface area contributed by atoms with E-state index >= 15 is 0 Å². The average Bonchev–Trinajstić information content (AvgIpc) is 2.18. The van der Waals surface area contributed by atoms with Crippen molar-refractivity contribution in [2.24, 2.45) is 16.6 Å². The highest BCUT2D eigenvalue weighted by molar-refractivity contribution is 5.78. The fraction of sp³-hybridized carbons (Fsp3) is 0.889. The first-order valence-electron chi connectivity index (χ1n) is 4.98. The van der Waals surface area contributed by atoms with E-state index in [2.05, 4.69) is 4.99 Å². The first-order valence-corrected chi connectivity index (χ1v) is 4.98. The molecule has 0 radical (unpaired) electrons. The molecule has 0 saturated carbocycles. The van der Waals surface area contributed by atoms with Crippen LogP contribution in [0, 0.1) is 5.92 Å². The summed E-state index contributed by atoms with van der Waals surface area (Å²) in [5, 5.41) is 0. The van der Waals surface area contributed by atoms with Crippen molar-refractivity contribution in [2.75, 3.05) is 19.6 Å². The lowest BCUT2D eigenvalue weighted by atomic mass is 9.98. The van der Waals surface area contributed by atoms with Gasteiger partial charge in [0.15, 0.2) is 5.96 Å². The molecule has 0 bridgehead atoms. The number of alkyl halides is 2. The first-order chi connectivity index (χ1) is 6.65. The van der Waals surface area contributed by atoms with Gasteiger partial charge in [0.2, 0.25) is 6.43 Å². The lowest BCUT2D eigenvalue weighted by Crippen LogP contribution is -2.44. The van der Waals surface area contributed by atoms with E-state index in [1.807, 2.05) is 11.8 Å². The van der Waals surface area contributed by atoms with E-state index in [0.717, 1.165) is 0 Å². The molecule has 1 saturated heterocycles. The third-order valence-electron chi connectivity index (χ3n) is 2.54. The van der Waals surface area contributed by atoms with Crippen LogP contribution < -0.4 is 5.73 Å². The topological polar surface area (TPSA) is 41.6 Å². The minimum absolute atomic E-state index is 0.458. The molecule has 0 aromatic rings. The Morgan fingerprint density at radius 1 is 1.50 bits per heavy atom. The van der Waals surface area contributed by atoms with Crippen molar-refractivity contribution in [2.45, 2.75) is 26.2 Å². The van der Waals surface area contributed by atoms with Gasteiger partial charge in [-0.25, -0.2) is 8.78 Å². The number of guanidine groups is 1. The molecule has 0 aromatic heterocycles. The van der Waals surface area contributed by atoms with Crippen molar-refractivity contribution >= 4 is 5.96 Å². The highest BCUT2D eigenvalue weighted by Crippen LogP contribution is 2.23. The molecule has 5 heteroatoms. The van der Waals surface area contributed by atoms with Crippen LogP contribution in [0.15, 0.2) is 4.99 Å². The van der Waals surface area contributed by atoms with Gasteiger partial charge in [-0.05, 0) is 19.8 Å². The van der Waals surface area contributed by atoms with Gasteiger partial charge in [0.1, 0.15) is 0 Å². The van der Waals surface area contributed by atoms with Crippen molar-refractivity contribution in [3.63, 3.8) is 0 Å². The Morgan fingerprint density at radius 3 is 2.50 bits per heavy atom. The minimum atomic E-state index is -2.19. The summed E-state index contributed by atoms with van der Waals surface area (Å²) in [6.45, 7) is 3.74. The van der Waals surface area contributed by atoms with Crippen molar-refractivity contribution in [1.29, 1.82) is 0 Å². The summed E-state index contributed by atoms with van der Waals surface area (Å²) in [4.78, 5) is 5.93. The van der Waals surface area contributed by atoms with Crippen molar-refractivity contribution in [1.82, 2.24) is 4.90 Å². The van der Waals surface area contributed by atoms with E-state index in [4.69, 9.17) is 5.73 Å². The number of rotatable bonds is 2. The molecule has 0 spiro atoms. The van der Waals surface area contributed by atoms with Gasteiger partial charge in [0.25, 0.3) is 0 Å². The van der Waals surface area contributed by atoms with Crippen molar-refractivity contribution < 1.29 is 8.78 Å². The van der Waals surface area contributed by atoms with E-state index < -0.39 is 12.3 Å². The number of halogens is 2. The number of piperidine rings is 1. The number of hydrogen-bond donors (Lipinski definition) is 1. The maximum absolute atomic E-state index is 12.3. The summed E-state index contributed by atoms with van der Waals surface area (Å²) >= 11 is 0. The number of nitrogens with two attached hydrogens (primary N) is 1. The second kappa shape index (κ2) is 5.12. The van der Waals surface area contributed by atoms with Gasteiger partial charge in [-0.3, -0.25) is 4.99 Å². The number of nitrogens with zero attached hydrogens (tertiary/aromatic N) is 2. The highest BCUT2D eigenvalue weighted by atomic mass is 19.3. The average molecular weight is 205 g/mol. The van der Waals surface area contributed by atoms with Crippen LogP contribution in [-0.2, 0) is 0 Å². The molecular formula is C9H17F2N3. The second-order valence-corrected chi connectivity index (χ2v) is 3.49. The Morgan fingerprint density at radius 2 is 2.07 bits per heavy atom. The molecule has 2 N–H and O–H groups in total. The van der Waals surface area contributed by atoms with Crippen LogP contribution in [0.3, 0.4) is 0 Å². The summed E-state index contributed by atoms with van der Waals surface area (Å²) < 4.78 is 24.6. The monoisotopic (exact) mass is 205 g/mol. The Labute approximate surface area is 83.0 Å². The summed E-state index contributed by atoms with van der Waals surface area (Å²) in [5.74, 6) is 0.0286. The molecule has 0 aromatic carbocycles. The Hall–Kier alpha value is -0.870. The zero-order valence-electron chi connectivity index (χ0n) is 8.42. The molecule has 14 heavy (non-hydrogen) atoms. The van der Waals surface area contributed by atoms with Crippen LogP contribution in [0.1, 0.15) is 19.8 Å². The quantitative estimate of drug-likeness (QED) is 0.545. The zero-order valence-corrected chi connectivity index (χ0v) is 8.42. The normalized spacial score (nSPS) is 20.6. The molecule has 82 valence electrons. The van der Waals surface area contributed by atoms with Crippen LogP contribution in [0.25, 0.3) is 0 Å². The van der Waals surface area contributed by atoms with E-state index in [-0.39, 0.29) is 0 Å². The molecule has 1 heterocycles. The van der Waals surface area contributed by atoms with Crippen molar-refractivity contribution in [3.05, 3.63) is 0 Å². The van der Waals surface area contributed by atoms with Crippen LogP contribution in [0.4, 0.5) is 8.78 Å². The molecule has 1 aliphatic heterocycles. The molecule has 0 atom stereocenters. The summed E-state index contributed by atoms with van der Waals surface area (Å²) in [6.07, 6.45) is -1.17. The number of hydrogen-bond acceptors (Lipinski definition) is 1. The standard InChI is InChI=1S/C9H17F2N3/c1-2-13-9(12)14-5-3-7(4-6-14)8(10)11/h7-8H,2-6H2,1H3,(H2,12,13). The van der Waals surface area contributed by atoms with Crippen LogP contribution >= 0.6 is 0 Å². The molecule has 0 aliphatic carbocycles. The van der Waals surface area contributed by atoms with E-state index in [0.29, 0.717) is 38.4 Å². The molecule has 0 amide bonds. The lowest BCUT2D eigenvalue weighted by molar-refractivity contribution is 0.0471. The van der Waals surface area contributed by atoms with Crippen LogP contribution in [0.5, 0.6) is 0 Å². The third-order valence-corrected chi connectivity index (χ3v) is 2.54. The fourth-order valence-corrected chi connectivity index (χ4v) is 1.64. The van der Waals surface area contributed by atoms with Gasteiger partial charge in [-0.15, -0.1) is 0 Å². The molecule has 1 rings (SSSR count). The highest BCUT2D eigenvalue weighted by Gasteiger charge is 2.26. The Bertz CT molecular complexity index is 198. The summed E-state index contributed by atoms with van der Waals surface area (Å²) in [7, 11) is 0. The second-order valence-electron chi connectivity index (χ2n) is 3.49. The molecule has 0 unspecified atom stereocenters. The van der Waals surface area contributed by atoms with Gasteiger partial charge < -0.3 is 10.6 Å². The smallest absolute Gasteiger partial charge is 0.241 e. The van der Waals surface area contributed by atoms with Gasteiger partial charge >= 0.3 is 0 Å². The van der Waals surface area contributed by atoms with Gasteiger partial charge in [0.05, 0.1) is 0 Å². The van der Waals surface area contributed by atoms with Gasteiger partial charge in [-0.1, -0.05) is 0 Å². The maximum Gasteiger partial charge on any atom is 0.241 e. The fourth-order valence-electron chi connectivity index (χ4n) is 1.64. The van der Waals surface area contributed by atoms with Gasteiger partial charge in [-0.2, -0.15) is 0 Å². The first kappa shape index (κ1) is 11.2. The maximum atomic E-state index is 12.3. The van der Waals surface area contributed by atoms with Crippen LogP contribution in [0.2, 0.25) is 0 Å². The lowest BCUT2D eigenvalue weighted by Gasteiger charge is -2.32. The van der Waals surface area contributed by atoms with Crippen molar-refractivity contribution in [3.8, 4) is 0 Å². The minimum Gasteiger partial charge on any atom is -0.370 e. The summed E-state index contributed by atoms with van der Waals surface area (Å²) in [6, 6.07) is 0. The Kier molecular flexibility index (Phi) is 4.10. The van der Waals surface area contributed by atoms with Gasteiger partial charge in [0, 0.05) is 25.6 Å². The van der Waals surface area contributed by atoms with Crippen LogP contribution in [-0.4, -0.2) is 36.9 Å². The predicted molar refractivity (Wildman–Crippen MR) is 52.5 cm³/mol. The van der Waals surface area contributed by atoms with E-state index in [1.165, 1.54) is 0 Å². The zero-order chi connectivity index (χ0) is 10.6. The Balaban J connectivity index is 2.39. The molecule has 3 nitrogen and oxygen atoms in total. The third kappa shape index (κ3) is 2.82. The SMILES string of the molecule is CCN=C(N)N1CCC(C(F)F)CC1. The molecular weight excluding hydrogens is 188 g/mol. The number of likely N-dealkylation sites (tertiary alicyclic amines) is 1. The summed E-state index contributed by atoms with van der Waals surface area (Å²) in [5.41, 5.74) is 5.67. The molecule has 1 fully saturated rings. The largest absolute Gasteiger partial charge is 0.370 e. The molecule has 1 aliphatic rings. The van der Waals surface area contributed by atoms with E-state index in [1.54, 1.807) is 0 Å². The number of aliphatic imine (C=N–C) groups is 1. The van der Waals surface area contributed by atoms with E-state index in [9.17, 15) is 8.78 Å².